The minimum absolute atomic E-state index is 0.450. The highest BCUT2D eigenvalue weighted by Crippen LogP contribution is 2.22. The number of rotatable bonds is 9. The molecule has 0 saturated carbocycles. The molecule has 4 nitrogen and oxygen atoms in total. The van der Waals surface area contributed by atoms with Crippen LogP contribution in [0.3, 0.4) is 0 Å². The molecular formula is C29H28N2O2. The van der Waals surface area contributed by atoms with Gasteiger partial charge < -0.3 is 14.0 Å². The van der Waals surface area contributed by atoms with Gasteiger partial charge in [0.1, 0.15) is 23.9 Å². The van der Waals surface area contributed by atoms with Gasteiger partial charge in [0.25, 0.3) is 0 Å². The van der Waals surface area contributed by atoms with Crippen LogP contribution >= 0.6 is 0 Å². The summed E-state index contributed by atoms with van der Waals surface area (Å²) < 4.78 is 14.3. The topological polar surface area (TPSA) is 36.3 Å². The predicted octanol–water partition coefficient (Wildman–Crippen LogP) is 6.94. The van der Waals surface area contributed by atoms with E-state index < -0.39 is 0 Å². The lowest BCUT2D eigenvalue weighted by molar-refractivity contribution is 0.285. The molecule has 0 saturated heterocycles. The van der Waals surface area contributed by atoms with Gasteiger partial charge in [0, 0.05) is 6.54 Å². The van der Waals surface area contributed by atoms with Gasteiger partial charge in [0.2, 0.25) is 0 Å². The van der Waals surface area contributed by atoms with Gasteiger partial charge >= 0.3 is 0 Å². The number of aromatic nitrogens is 2. The molecule has 33 heavy (non-hydrogen) atoms. The molecule has 0 amide bonds. The fourth-order valence-electron chi connectivity index (χ4n) is 4.09. The normalized spacial score (nSPS) is 11.2. The number of fused-ring (bicyclic) bond motifs is 2. The summed E-state index contributed by atoms with van der Waals surface area (Å²) in [5, 5.41) is 2.44. The molecule has 4 heteroatoms. The van der Waals surface area contributed by atoms with Crippen LogP contribution in [0.15, 0.2) is 91.0 Å². The van der Waals surface area contributed by atoms with Gasteiger partial charge in [-0.15, -0.1) is 0 Å². The number of nitrogens with zero attached hydrogens (tertiary/aromatic N) is 2. The summed E-state index contributed by atoms with van der Waals surface area (Å²) in [6.45, 7) is 4.10. The van der Waals surface area contributed by atoms with Crippen molar-refractivity contribution in [3.05, 3.63) is 102 Å². The van der Waals surface area contributed by atoms with E-state index in [1.165, 1.54) is 16.3 Å². The summed E-state index contributed by atoms with van der Waals surface area (Å²) >= 11 is 0. The molecule has 166 valence electrons. The third-order valence-electron chi connectivity index (χ3n) is 5.89. The van der Waals surface area contributed by atoms with Gasteiger partial charge in [0.15, 0.2) is 0 Å². The van der Waals surface area contributed by atoms with Gasteiger partial charge in [-0.1, -0.05) is 60.2 Å². The zero-order valence-corrected chi connectivity index (χ0v) is 18.9. The molecule has 0 N–H and O–H groups in total. The maximum absolute atomic E-state index is 6.03. The predicted molar refractivity (Wildman–Crippen MR) is 134 cm³/mol. The molecule has 0 fully saturated rings. The van der Waals surface area contributed by atoms with E-state index in [2.05, 4.69) is 78.2 Å². The third-order valence-corrected chi connectivity index (χ3v) is 5.89. The second-order valence-electron chi connectivity index (χ2n) is 8.33. The van der Waals surface area contributed by atoms with Gasteiger partial charge in [0.05, 0.1) is 17.6 Å². The molecule has 1 heterocycles. The first-order chi connectivity index (χ1) is 16.3. The van der Waals surface area contributed by atoms with Gasteiger partial charge in [-0.25, -0.2) is 4.98 Å². The van der Waals surface area contributed by atoms with E-state index in [0.29, 0.717) is 13.2 Å². The lowest BCUT2D eigenvalue weighted by Gasteiger charge is -2.11. The van der Waals surface area contributed by atoms with E-state index in [1.807, 2.05) is 24.3 Å². The summed E-state index contributed by atoms with van der Waals surface area (Å²) in [6.07, 6.45) is 1.98. The van der Waals surface area contributed by atoms with Crippen molar-refractivity contribution in [3.8, 4) is 11.5 Å². The van der Waals surface area contributed by atoms with Crippen molar-refractivity contribution in [2.75, 3.05) is 6.61 Å². The quantitative estimate of drug-likeness (QED) is 0.235. The number of ether oxygens (including phenoxy) is 2. The lowest BCUT2D eigenvalue weighted by Crippen LogP contribution is -2.09. The molecule has 4 aromatic carbocycles. The summed E-state index contributed by atoms with van der Waals surface area (Å²) in [4.78, 5) is 4.83. The average molecular weight is 437 g/mol. The number of hydrogen-bond acceptors (Lipinski definition) is 3. The summed E-state index contributed by atoms with van der Waals surface area (Å²) in [5.41, 5.74) is 3.38. The first-order valence-corrected chi connectivity index (χ1v) is 11.5. The highest BCUT2D eigenvalue weighted by atomic mass is 16.5. The molecule has 5 aromatic rings. The first kappa shape index (κ1) is 21.1. The monoisotopic (exact) mass is 436 g/mol. The lowest BCUT2D eigenvalue weighted by atomic mass is 10.1. The van der Waals surface area contributed by atoms with E-state index in [4.69, 9.17) is 14.5 Å². The number of benzene rings is 4. The molecule has 0 unspecified atom stereocenters. The maximum atomic E-state index is 6.03. The van der Waals surface area contributed by atoms with Crippen LogP contribution in [0.25, 0.3) is 21.8 Å². The average Bonchev–Trinajstić information content (AvgIpc) is 3.21. The van der Waals surface area contributed by atoms with Crippen molar-refractivity contribution in [2.24, 2.45) is 0 Å². The molecule has 0 atom stereocenters. The minimum atomic E-state index is 0.450. The Morgan fingerprint density at radius 3 is 2.36 bits per heavy atom. The smallest absolute Gasteiger partial charge is 0.147 e. The molecular weight excluding hydrogens is 408 g/mol. The van der Waals surface area contributed by atoms with Crippen molar-refractivity contribution in [3.63, 3.8) is 0 Å². The Morgan fingerprint density at radius 2 is 1.48 bits per heavy atom. The number of hydrogen-bond donors (Lipinski definition) is 0. The van der Waals surface area contributed by atoms with Crippen molar-refractivity contribution < 1.29 is 9.47 Å². The van der Waals surface area contributed by atoms with Crippen LogP contribution < -0.4 is 9.47 Å². The molecule has 0 aliphatic carbocycles. The fraction of sp³-hybridized carbons (Fsp3) is 0.207. The van der Waals surface area contributed by atoms with Crippen LogP contribution in [-0.4, -0.2) is 16.2 Å². The first-order valence-electron chi connectivity index (χ1n) is 11.5. The van der Waals surface area contributed by atoms with Crippen LogP contribution in [-0.2, 0) is 13.2 Å². The van der Waals surface area contributed by atoms with E-state index in [-0.39, 0.29) is 0 Å². The van der Waals surface area contributed by atoms with Crippen LogP contribution in [0, 0.1) is 6.92 Å². The SMILES string of the molecule is Cc1ccc(OCc2nc3ccccc3n2CCCCOc2ccc3ccccc3c2)cc1. The Labute approximate surface area is 194 Å². The summed E-state index contributed by atoms with van der Waals surface area (Å²) in [5.74, 6) is 2.74. The fourth-order valence-corrected chi connectivity index (χ4v) is 4.09. The Morgan fingerprint density at radius 1 is 0.727 bits per heavy atom. The second kappa shape index (κ2) is 9.78. The van der Waals surface area contributed by atoms with Crippen LogP contribution in [0.1, 0.15) is 24.2 Å². The minimum Gasteiger partial charge on any atom is -0.494 e. The van der Waals surface area contributed by atoms with E-state index in [0.717, 1.165) is 47.7 Å². The molecule has 0 bridgehead atoms. The Hall–Kier alpha value is -3.79. The van der Waals surface area contributed by atoms with Crippen LogP contribution in [0.2, 0.25) is 0 Å². The maximum Gasteiger partial charge on any atom is 0.147 e. The van der Waals surface area contributed by atoms with Gasteiger partial charge in [-0.05, 0) is 66.9 Å². The highest BCUT2D eigenvalue weighted by molar-refractivity contribution is 5.83. The Bertz CT molecular complexity index is 1360. The van der Waals surface area contributed by atoms with E-state index in [1.54, 1.807) is 0 Å². The number of para-hydroxylation sites is 2. The number of unbranched alkanes of at least 4 members (excludes halogenated alkanes) is 1. The number of imidazole rings is 1. The van der Waals surface area contributed by atoms with Crippen molar-refractivity contribution in [2.45, 2.75) is 32.9 Å². The summed E-state index contributed by atoms with van der Waals surface area (Å²) in [7, 11) is 0. The van der Waals surface area contributed by atoms with E-state index >= 15 is 0 Å². The zero-order valence-electron chi connectivity index (χ0n) is 18.9. The Balaban J connectivity index is 1.20. The molecule has 0 radical (unpaired) electrons. The van der Waals surface area contributed by atoms with Crippen LogP contribution in [0.4, 0.5) is 0 Å². The number of aryl methyl sites for hydroxylation is 2. The Kier molecular flexibility index (Phi) is 6.25. The summed E-state index contributed by atoms with van der Waals surface area (Å²) in [6, 6.07) is 31.0. The highest BCUT2D eigenvalue weighted by Gasteiger charge is 2.11. The molecule has 0 aliphatic rings. The molecule has 0 spiro atoms. The van der Waals surface area contributed by atoms with E-state index in [9.17, 15) is 0 Å². The molecule has 0 aliphatic heterocycles. The second-order valence-corrected chi connectivity index (χ2v) is 8.33. The van der Waals surface area contributed by atoms with Crippen LogP contribution in [0.5, 0.6) is 11.5 Å². The third kappa shape index (κ3) is 5.01. The van der Waals surface area contributed by atoms with Gasteiger partial charge in [-0.2, -0.15) is 0 Å². The largest absolute Gasteiger partial charge is 0.494 e. The van der Waals surface area contributed by atoms with Crippen molar-refractivity contribution in [1.29, 1.82) is 0 Å². The molecule has 5 rings (SSSR count). The zero-order chi connectivity index (χ0) is 22.5. The standard InChI is InChI=1S/C29H28N2O2/c1-22-12-15-25(16-13-22)33-21-29-30-27-10-4-5-11-28(27)31(29)18-6-7-19-32-26-17-14-23-8-2-3-9-24(23)20-26/h2-5,8-17,20H,6-7,18-19,21H2,1H3. The van der Waals surface area contributed by atoms with Gasteiger partial charge in [-0.3, -0.25) is 0 Å². The van der Waals surface area contributed by atoms with Crippen molar-refractivity contribution >= 4 is 21.8 Å². The molecule has 1 aromatic heterocycles. The van der Waals surface area contributed by atoms with Crippen molar-refractivity contribution in [1.82, 2.24) is 9.55 Å².